The molecule has 7 heteroatoms. The van der Waals surface area contributed by atoms with Gasteiger partial charge in [0.2, 0.25) is 0 Å². The van der Waals surface area contributed by atoms with Crippen molar-refractivity contribution in [2.24, 2.45) is 7.05 Å². The summed E-state index contributed by atoms with van der Waals surface area (Å²) < 4.78 is 11.1. The highest BCUT2D eigenvalue weighted by Crippen LogP contribution is 2.14. The number of carbonyl (C=O) groups is 1. The van der Waals surface area contributed by atoms with Gasteiger partial charge in [0, 0.05) is 13.2 Å². The SMILES string of the molecule is COC(=O)c1nnc(-c2ccn(C)n2)o1. The van der Waals surface area contributed by atoms with Crippen LogP contribution in [-0.2, 0) is 11.8 Å². The number of rotatable bonds is 2. The van der Waals surface area contributed by atoms with Crippen molar-refractivity contribution in [1.82, 2.24) is 20.0 Å². The van der Waals surface area contributed by atoms with Crippen LogP contribution in [0.25, 0.3) is 11.6 Å². The molecule has 0 fully saturated rings. The lowest BCUT2D eigenvalue weighted by atomic mass is 10.4. The topological polar surface area (TPSA) is 83.0 Å². The van der Waals surface area contributed by atoms with E-state index in [1.54, 1.807) is 24.0 Å². The van der Waals surface area contributed by atoms with Crippen molar-refractivity contribution >= 4 is 5.97 Å². The highest BCUT2D eigenvalue weighted by Gasteiger charge is 2.17. The fraction of sp³-hybridized carbons (Fsp3) is 0.250. The predicted molar refractivity (Wildman–Crippen MR) is 47.8 cm³/mol. The molecule has 0 aromatic carbocycles. The quantitative estimate of drug-likeness (QED) is 0.658. The van der Waals surface area contributed by atoms with E-state index in [0.717, 1.165) is 0 Å². The van der Waals surface area contributed by atoms with Crippen LogP contribution in [0.1, 0.15) is 10.7 Å². The third-order valence-corrected chi connectivity index (χ3v) is 1.72. The first-order chi connectivity index (χ1) is 7.20. The zero-order valence-electron chi connectivity index (χ0n) is 8.17. The third-order valence-electron chi connectivity index (χ3n) is 1.72. The maximum absolute atomic E-state index is 11.0. The molecular formula is C8H8N4O3. The van der Waals surface area contributed by atoms with Crippen LogP contribution in [0.4, 0.5) is 0 Å². The molecule has 0 spiro atoms. The molecule has 2 aromatic rings. The van der Waals surface area contributed by atoms with Crippen LogP contribution in [0.3, 0.4) is 0 Å². The molecule has 0 N–H and O–H groups in total. The molecule has 2 aromatic heterocycles. The third kappa shape index (κ3) is 1.71. The van der Waals surface area contributed by atoms with Crippen LogP contribution < -0.4 is 0 Å². The van der Waals surface area contributed by atoms with E-state index in [-0.39, 0.29) is 11.8 Å². The molecule has 0 bridgehead atoms. The monoisotopic (exact) mass is 208 g/mol. The van der Waals surface area contributed by atoms with E-state index in [2.05, 4.69) is 20.0 Å². The van der Waals surface area contributed by atoms with Crippen molar-refractivity contribution in [3.63, 3.8) is 0 Å². The van der Waals surface area contributed by atoms with E-state index in [9.17, 15) is 4.79 Å². The van der Waals surface area contributed by atoms with Gasteiger partial charge in [-0.3, -0.25) is 4.68 Å². The summed E-state index contributed by atoms with van der Waals surface area (Å²) in [5.41, 5.74) is 0.514. The molecule has 0 aliphatic rings. The Hall–Kier alpha value is -2.18. The van der Waals surface area contributed by atoms with Gasteiger partial charge < -0.3 is 9.15 Å². The number of aryl methyl sites for hydroxylation is 1. The highest BCUT2D eigenvalue weighted by atomic mass is 16.5. The van der Waals surface area contributed by atoms with Crippen LogP contribution in [0.15, 0.2) is 16.7 Å². The fourth-order valence-electron chi connectivity index (χ4n) is 1.03. The molecule has 0 saturated heterocycles. The normalized spacial score (nSPS) is 10.3. The largest absolute Gasteiger partial charge is 0.462 e. The lowest BCUT2D eigenvalue weighted by molar-refractivity contribution is 0.0556. The van der Waals surface area contributed by atoms with Gasteiger partial charge in [-0.25, -0.2) is 4.79 Å². The van der Waals surface area contributed by atoms with Crippen molar-refractivity contribution < 1.29 is 13.9 Å². The Bertz CT molecular complexity index is 488. The first kappa shape index (κ1) is 9.38. The van der Waals surface area contributed by atoms with Gasteiger partial charge in [0.05, 0.1) is 7.11 Å². The number of aromatic nitrogens is 4. The Balaban J connectivity index is 2.31. The number of esters is 1. The zero-order chi connectivity index (χ0) is 10.8. The molecule has 0 atom stereocenters. The van der Waals surface area contributed by atoms with Crippen LogP contribution in [0.5, 0.6) is 0 Å². The summed E-state index contributed by atoms with van der Waals surface area (Å²) in [4.78, 5) is 11.0. The van der Waals surface area contributed by atoms with Gasteiger partial charge in [-0.05, 0) is 6.07 Å². The molecule has 78 valence electrons. The van der Waals surface area contributed by atoms with Crippen molar-refractivity contribution in [3.8, 4) is 11.6 Å². The van der Waals surface area contributed by atoms with Crippen LogP contribution in [0.2, 0.25) is 0 Å². The Morgan fingerprint density at radius 2 is 2.33 bits per heavy atom. The average molecular weight is 208 g/mol. The molecule has 2 heterocycles. The zero-order valence-corrected chi connectivity index (χ0v) is 8.17. The second-order valence-corrected chi connectivity index (χ2v) is 2.78. The number of nitrogens with zero attached hydrogens (tertiary/aromatic N) is 4. The molecule has 0 saturated carbocycles. The second-order valence-electron chi connectivity index (χ2n) is 2.78. The molecule has 0 amide bonds. The van der Waals surface area contributed by atoms with E-state index >= 15 is 0 Å². The van der Waals surface area contributed by atoms with Crippen molar-refractivity contribution in [2.45, 2.75) is 0 Å². The first-order valence-corrected chi connectivity index (χ1v) is 4.12. The van der Waals surface area contributed by atoms with Gasteiger partial charge in [-0.15, -0.1) is 10.2 Å². The van der Waals surface area contributed by atoms with Gasteiger partial charge in [-0.2, -0.15) is 5.10 Å². The summed E-state index contributed by atoms with van der Waals surface area (Å²) in [7, 11) is 3.01. The standard InChI is InChI=1S/C8H8N4O3/c1-12-4-3-5(11-12)6-9-10-7(15-6)8(13)14-2/h3-4H,1-2H3. The molecule has 7 nitrogen and oxygen atoms in total. The summed E-state index contributed by atoms with van der Waals surface area (Å²) in [5.74, 6) is -0.654. The van der Waals surface area contributed by atoms with E-state index in [1.165, 1.54) is 7.11 Å². The van der Waals surface area contributed by atoms with Crippen molar-refractivity contribution in [2.75, 3.05) is 7.11 Å². The summed E-state index contributed by atoms with van der Waals surface area (Å²) in [6.07, 6.45) is 1.73. The molecule has 0 aliphatic carbocycles. The second kappa shape index (κ2) is 3.52. The Morgan fingerprint density at radius 3 is 2.93 bits per heavy atom. The van der Waals surface area contributed by atoms with E-state index in [4.69, 9.17) is 4.42 Å². The minimum Gasteiger partial charge on any atom is -0.462 e. The molecule has 0 unspecified atom stereocenters. The molecule has 15 heavy (non-hydrogen) atoms. The van der Waals surface area contributed by atoms with E-state index < -0.39 is 5.97 Å². The summed E-state index contributed by atoms with van der Waals surface area (Å²) in [6, 6.07) is 1.70. The Morgan fingerprint density at radius 1 is 1.53 bits per heavy atom. The summed E-state index contributed by atoms with van der Waals surface area (Å²) in [5, 5.41) is 11.3. The maximum Gasteiger partial charge on any atom is 0.396 e. The fourth-order valence-corrected chi connectivity index (χ4v) is 1.03. The van der Waals surface area contributed by atoms with Crippen molar-refractivity contribution in [1.29, 1.82) is 0 Å². The highest BCUT2D eigenvalue weighted by molar-refractivity contribution is 5.84. The first-order valence-electron chi connectivity index (χ1n) is 4.12. The molecule has 0 aliphatic heterocycles. The van der Waals surface area contributed by atoms with Gasteiger partial charge in [0.25, 0.3) is 5.89 Å². The maximum atomic E-state index is 11.0. The van der Waals surface area contributed by atoms with Crippen LogP contribution >= 0.6 is 0 Å². The number of hydrogen-bond acceptors (Lipinski definition) is 6. The number of hydrogen-bond donors (Lipinski definition) is 0. The van der Waals surface area contributed by atoms with Gasteiger partial charge in [-0.1, -0.05) is 0 Å². The smallest absolute Gasteiger partial charge is 0.396 e. The molecular weight excluding hydrogens is 200 g/mol. The van der Waals surface area contributed by atoms with Crippen LogP contribution in [0, 0.1) is 0 Å². The van der Waals surface area contributed by atoms with E-state index in [0.29, 0.717) is 5.69 Å². The Kier molecular flexibility index (Phi) is 2.20. The van der Waals surface area contributed by atoms with Crippen molar-refractivity contribution in [3.05, 3.63) is 18.2 Å². The Labute approximate surface area is 84.7 Å². The summed E-state index contributed by atoms with van der Waals surface area (Å²) in [6.45, 7) is 0. The van der Waals surface area contributed by atoms with Gasteiger partial charge in [0.15, 0.2) is 0 Å². The number of carbonyl (C=O) groups excluding carboxylic acids is 1. The van der Waals surface area contributed by atoms with E-state index in [1.807, 2.05) is 0 Å². The lowest BCUT2D eigenvalue weighted by Gasteiger charge is -1.89. The molecule has 0 radical (unpaired) electrons. The van der Waals surface area contributed by atoms with Crippen LogP contribution in [-0.4, -0.2) is 33.1 Å². The molecule has 2 rings (SSSR count). The number of ether oxygens (including phenoxy) is 1. The van der Waals surface area contributed by atoms with Gasteiger partial charge in [0.1, 0.15) is 5.69 Å². The minimum atomic E-state index is -0.662. The number of methoxy groups -OCH3 is 1. The lowest BCUT2D eigenvalue weighted by Crippen LogP contribution is -2.00. The predicted octanol–water partition coefficient (Wildman–Crippen LogP) is 0.257. The van der Waals surface area contributed by atoms with Gasteiger partial charge >= 0.3 is 11.9 Å². The summed E-state index contributed by atoms with van der Waals surface area (Å²) >= 11 is 0. The average Bonchev–Trinajstić information content (AvgIpc) is 2.84. The minimum absolute atomic E-state index is 0.182.